The number of halogens is 3. The van der Waals surface area contributed by atoms with Gasteiger partial charge in [-0.1, -0.05) is 36.4 Å². The molecule has 2 heterocycles. The number of quaternary nitrogens is 1. The lowest BCUT2D eigenvalue weighted by Gasteiger charge is -2.46. The van der Waals surface area contributed by atoms with Gasteiger partial charge in [-0.2, -0.15) is 13.2 Å². The zero-order valence-corrected chi connectivity index (χ0v) is 18.3. The van der Waals surface area contributed by atoms with Gasteiger partial charge in [0, 0.05) is 35.5 Å². The number of nitrogens with zero attached hydrogens (tertiary/aromatic N) is 2. The summed E-state index contributed by atoms with van der Waals surface area (Å²) >= 11 is 0. The van der Waals surface area contributed by atoms with E-state index < -0.39 is 23.8 Å². The number of carbonyl (C=O) groups is 2. The molecule has 8 heteroatoms. The SMILES string of the molecule is O=C(O)CCC(=O)[N+]1(Cc2cccc(C(F)(F)F)c2)CCc2ccccc2C1c1ccncc1. The summed E-state index contributed by atoms with van der Waals surface area (Å²) in [5.41, 5.74) is 2.37. The molecule has 0 saturated heterocycles. The molecule has 0 saturated carbocycles. The second kappa shape index (κ2) is 9.38. The maximum atomic E-state index is 13.8. The largest absolute Gasteiger partial charge is 0.481 e. The smallest absolute Gasteiger partial charge is 0.416 e. The van der Waals surface area contributed by atoms with Crippen LogP contribution in [0.25, 0.3) is 0 Å². The Labute approximate surface area is 195 Å². The third-order valence-corrected chi connectivity index (χ3v) is 6.41. The lowest BCUT2D eigenvalue weighted by Crippen LogP contribution is -2.58. The molecule has 1 N–H and O–H groups in total. The lowest BCUT2D eigenvalue weighted by molar-refractivity contribution is -0.895. The minimum Gasteiger partial charge on any atom is -0.481 e. The van der Waals surface area contributed by atoms with Crippen LogP contribution in [0.2, 0.25) is 0 Å². The Hall–Kier alpha value is -3.52. The Balaban J connectivity index is 1.88. The molecular formula is C26H24F3N2O3+. The number of carboxylic acids is 1. The first-order valence-electron chi connectivity index (χ1n) is 11.0. The fraction of sp³-hybridized carbons (Fsp3) is 0.269. The van der Waals surface area contributed by atoms with Crippen molar-refractivity contribution >= 4 is 11.9 Å². The summed E-state index contributed by atoms with van der Waals surface area (Å²) in [6.07, 6.45) is -1.27. The molecule has 0 fully saturated rings. The number of alkyl halides is 3. The number of carbonyl (C=O) groups excluding carboxylic acids is 1. The predicted octanol–water partition coefficient (Wildman–Crippen LogP) is 5.15. The molecule has 1 aromatic heterocycles. The highest BCUT2D eigenvalue weighted by molar-refractivity contribution is 5.77. The summed E-state index contributed by atoms with van der Waals surface area (Å²) in [6.45, 7) is 0.363. The summed E-state index contributed by atoms with van der Waals surface area (Å²) in [4.78, 5) is 29.1. The quantitative estimate of drug-likeness (QED) is 0.507. The number of aliphatic carboxylic acids is 1. The van der Waals surface area contributed by atoms with Crippen LogP contribution in [0.5, 0.6) is 0 Å². The zero-order valence-electron chi connectivity index (χ0n) is 18.3. The molecule has 0 spiro atoms. The van der Waals surface area contributed by atoms with E-state index in [2.05, 4.69) is 4.98 Å². The van der Waals surface area contributed by atoms with Crippen molar-refractivity contribution in [2.45, 2.75) is 38.0 Å². The van der Waals surface area contributed by atoms with Crippen molar-refractivity contribution in [3.8, 4) is 0 Å². The van der Waals surface area contributed by atoms with Crippen LogP contribution in [0.4, 0.5) is 13.2 Å². The van der Waals surface area contributed by atoms with Crippen molar-refractivity contribution in [3.63, 3.8) is 0 Å². The molecule has 1 aliphatic rings. The summed E-state index contributed by atoms with van der Waals surface area (Å²) in [5, 5.41) is 9.21. The van der Waals surface area contributed by atoms with E-state index in [0.717, 1.165) is 28.8 Å². The van der Waals surface area contributed by atoms with Crippen molar-refractivity contribution in [1.82, 2.24) is 4.98 Å². The number of pyridine rings is 1. The summed E-state index contributed by atoms with van der Waals surface area (Å²) in [6, 6.07) is 15.8. The predicted molar refractivity (Wildman–Crippen MR) is 118 cm³/mol. The molecule has 4 rings (SSSR count). The van der Waals surface area contributed by atoms with Gasteiger partial charge in [-0.3, -0.25) is 9.78 Å². The van der Waals surface area contributed by atoms with Crippen LogP contribution in [0.1, 0.15) is 46.7 Å². The lowest BCUT2D eigenvalue weighted by atomic mass is 9.85. The van der Waals surface area contributed by atoms with Gasteiger partial charge in [0.15, 0.2) is 0 Å². The highest BCUT2D eigenvalue weighted by Gasteiger charge is 2.49. The molecule has 1 amide bonds. The number of amides is 1. The van der Waals surface area contributed by atoms with E-state index in [1.165, 1.54) is 6.07 Å². The summed E-state index contributed by atoms with van der Waals surface area (Å²) in [7, 11) is 0. The third kappa shape index (κ3) is 4.72. The van der Waals surface area contributed by atoms with Gasteiger partial charge in [0.1, 0.15) is 12.6 Å². The Kier molecular flexibility index (Phi) is 6.52. The van der Waals surface area contributed by atoms with E-state index in [1.54, 1.807) is 30.6 Å². The van der Waals surface area contributed by atoms with Crippen LogP contribution in [-0.4, -0.2) is 33.0 Å². The van der Waals surface area contributed by atoms with Crippen molar-refractivity contribution in [1.29, 1.82) is 0 Å². The number of hydrogen-bond donors (Lipinski definition) is 1. The maximum absolute atomic E-state index is 13.8. The Bertz CT molecular complexity index is 1200. The van der Waals surface area contributed by atoms with E-state index >= 15 is 0 Å². The molecule has 176 valence electrons. The topological polar surface area (TPSA) is 67.3 Å². The number of rotatable bonds is 6. The Morgan fingerprint density at radius 3 is 2.44 bits per heavy atom. The van der Waals surface area contributed by atoms with Crippen LogP contribution in [0, 0.1) is 0 Å². The number of hydrogen-bond acceptors (Lipinski definition) is 3. The van der Waals surface area contributed by atoms with E-state index in [0.29, 0.717) is 18.5 Å². The first-order valence-corrected chi connectivity index (χ1v) is 11.0. The van der Waals surface area contributed by atoms with E-state index in [9.17, 15) is 27.9 Å². The fourth-order valence-corrected chi connectivity index (χ4v) is 4.89. The number of aromatic nitrogens is 1. The minimum absolute atomic E-state index is 0.0176. The number of benzene rings is 2. The van der Waals surface area contributed by atoms with Gasteiger partial charge in [-0.25, -0.2) is 9.28 Å². The molecule has 34 heavy (non-hydrogen) atoms. The van der Waals surface area contributed by atoms with E-state index in [4.69, 9.17) is 0 Å². The van der Waals surface area contributed by atoms with Crippen molar-refractivity contribution in [2.24, 2.45) is 0 Å². The van der Waals surface area contributed by atoms with E-state index in [-0.39, 0.29) is 29.8 Å². The number of fused-ring (bicyclic) bond motifs is 1. The molecule has 3 aromatic rings. The molecule has 2 atom stereocenters. The summed E-state index contributed by atoms with van der Waals surface area (Å²) in [5.74, 6) is -1.40. The van der Waals surface area contributed by atoms with Gasteiger partial charge in [0.2, 0.25) is 0 Å². The van der Waals surface area contributed by atoms with Crippen LogP contribution in [0.3, 0.4) is 0 Å². The van der Waals surface area contributed by atoms with Crippen molar-refractivity contribution in [3.05, 3.63) is 101 Å². The molecule has 0 radical (unpaired) electrons. The Morgan fingerprint density at radius 1 is 1.00 bits per heavy atom. The third-order valence-electron chi connectivity index (χ3n) is 6.41. The molecule has 0 bridgehead atoms. The van der Waals surface area contributed by atoms with Crippen molar-refractivity contribution in [2.75, 3.05) is 6.54 Å². The van der Waals surface area contributed by atoms with Gasteiger partial charge in [0.05, 0.1) is 24.9 Å². The average Bonchev–Trinajstić information content (AvgIpc) is 2.82. The van der Waals surface area contributed by atoms with Crippen LogP contribution in [0.15, 0.2) is 73.1 Å². The van der Waals surface area contributed by atoms with E-state index in [1.807, 2.05) is 24.3 Å². The van der Waals surface area contributed by atoms with Crippen LogP contribution < -0.4 is 0 Å². The fourth-order valence-electron chi connectivity index (χ4n) is 4.89. The van der Waals surface area contributed by atoms with Gasteiger partial charge >= 0.3 is 18.1 Å². The molecule has 0 aliphatic carbocycles. The standard InChI is InChI=1S/C26H23F3N2O3/c27-26(28,29)21-6-3-4-18(16-21)17-31(23(32)8-9-24(33)34)15-12-19-5-1-2-7-22(19)25(31)20-10-13-30-14-11-20/h1-7,10-11,13-14,16,25H,8-9,12,15,17H2/p+1. The van der Waals surface area contributed by atoms with Crippen molar-refractivity contribution < 1.29 is 32.3 Å². The first kappa shape index (κ1) is 23.6. The normalized spacial score (nSPS) is 19.9. The number of carboxylic acid groups (broad SMARTS) is 1. The van der Waals surface area contributed by atoms with Gasteiger partial charge in [0.25, 0.3) is 0 Å². The molecule has 2 aromatic carbocycles. The minimum atomic E-state index is -4.51. The Morgan fingerprint density at radius 2 is 1.74 bits per heavy atom. The van der Waals surface area contributed by atoms with Crippen LogP contribution in [-0.2, 0) is 28.7 Å². The highest BCUT2D eigenvalue weighted by Crippen LogP contribution is 2.43. The van der Waals surface area contributed by atoms with Gasteiger partial charge < -0.3 is 5.11 Å². The van der Waals surface area contributed by atoms with Gasteiger partial charge in [-0.15, -0.1) is 0 Å². The second-order valence-electron chi connectivity index (χ2n) is 8.53. The average molecular weight is 469 g/mol. The highest BCUT2D eigenvalue weighted by atomic mass is 19.4. The monoisotopic (exact) mass is 469 g/mol. The summed E-state index contributed by atoms with van der Waals surface area (Å²) < 4.78 is 40.0. The second-order valence-corrected chi connectivity index (χ2v) is 8.53. The van der Waals surface area contributed by atoms with Crippen LogP contribution >= 0.6 is 0 Å². The molecule has 2 unspecified atom stereocenters. The molecule has 1 aliphatic heterocycles. The van der Waals surface area contributed by atoms with Gasteiger partial charge in [-0.05, 0) is 29.8 Å². The molecular weight excluding hydrogens is 445 g/mol. The zero-order chi connectivity index (χ0) is 24.3. The maximum Gasteiger partial charge on any atom is 0.416 e. The molecule has 5 nitrogen and oxygen atoms in total. The first-order chi connectivity index (χ1) is 16.2.